The number of aromatic nitrogens is 2. The van der Waals surface area contributed by atoms with E-state index in [0.29, 0.717) is 28.3 Å². The molecule has 4 rings (SSSR count). The molecule has 3 N–H and O–H groups in total. The molecule has 0 saturated carbocycles. The summed E-state index contributed by atoms with van der Waals surface area (Å²) in [6, 6.07) is 8.71. The van der Waals surface area contributed by atoms with Crippen LogP contribution in [0.3, 0.4) is 0 Å². The Labute approximate surface area is 199 Å². The van der Waals surface area contributed by atoms with Crippen LogP contribution in [0.5, 0.6) is 11.5 Å². The number of methoxy groups -OCH3 is 2. The van der Waals surface area contributed by atoms with Gasteiger partial charge in [0.15, 0.2) is 17.5 Å². The lowest BCUT2D eigenvalue weighted by Gasteiger charge is -2.34. The summed E-state index contributed by atoms with van der Waals surface area (Å²) in [6.45, 7) is 1.62. The number of benzene rings is 2. The van der Waals surface area contributed by atoms with E-state index < -0.39 is 30.3 Å². The number of carbonyl (C=O) groups is 1. The minimum Gasteiger partial charge on any atom is -0.493 e. The molecule has 1 amide bonds. The highest BCUT2D eigenvalue weighted by Crippen LogP contribution is 2.45. The van der Waals surface area contributed by atoms with Gasteiger partial charge in [-0.05, 0) is 42.3 Å². The van der Waals surface area contributed by atoms with Crippen molar-refractivity contribution in [3.05, 3.63) is 65.4 Å². The third-order valence-electron chi connectivity index (χ3n) is 5.94. The lowest BCUT2D eigenvalue weighted by molar-refractivity contribution is -0.173. The first-order chi connectivity index (χ1) is 16.6. The second-order valence-electron chi connectivity index (χ2n) is 8.21. The lowest BCUT2D eigenvalue weighted by Crippen LogP contribution is -2.36. The van der Waals surface area contributed by atoms with Crippen LogP contribution in [0.25, 0.3) is 0 Å². The number of hydrogen-bond donors (Lipinski definition) is 3. The number of carbonyl (C=O) groups excluding carboxylic acids is 1. The molecule has 0 saturated heterocycles. The maximum absolute atomic E-state index is 14.0. The fourth-order valence-corrected chi connectivity index (χ4v) is 4.06. The number of aliphatic hydroxyl groups excluding tert-OH is 1. The molecule has 0 bridgehead atoms. The summed E-state index contributed by atoms with van der Waals surface area (Å²) >= 11 is 0. The van der Waals surface area contributed by atoms with Gasteiger partial charge in [0.05, 0.1) is 32.6 Å². The Bertz CT molecular complexity index is 1210. The molecule has 1 aliphatic heterocycles. The third-order valence-corrected chi connectivity index (χ3v) is 5.94. The molecule has 2 heterocycles. The monoisotopic (exact) mass is 490 g/mol. The van der Waals surface area contributed by atoms with Crippen LogP contribution in [0.4, 0.5) is 24.7 Å². The molecule has 35 heavy (non-hydrogen) atoms. The summed E-state index contributed by atoms with van der Waals surface area (Å²) in [6.07, 6.45) is -4.45. The molecule has 3 atom stereocenters. The zero-order valence-electron chi connectivity index (χ0n) is 19.3. The predicted octanol–water partition coefficient (Wildman–Crippen LogP) is 4.87. The van der Waals surface area contributed by atoms with Crippen LogP contribution in [0.1, 0.15) is 53.0 Å². The second kappa shape index (κ2) is 9.49. The van der Waals surface area contributed by atoms with Crippen molar-refractivity contribution in [1.82, 2.24) is 9.78 Å². The van der Waals surface area contributed by atoms with Crippen LogP contribution in [-0.4, -0.2) is 41.2 Å². The molecule has 0 aliphatic carbocycles. The molecule has 1 aromatic heterocycles. The topological polar surface area (TPSA) is 97.6 Å². The van der Waals surface area contributed by atoms with Gasteiger partial charge in [0, 0.05) is 12.1 Å². The summed E-state index contributed by atoms with van der Waals surface area (Å²) < 4.78 is 53.3. The third kappa shape index (κ3) is 4.90. The molecule has 0 unspecified atom stereocenters. The smallest absolute Gasteiger partial charge is 0.410 e. The average molecular weight is 490 g/mol. The Morgan fingerprint density at radius 3 is 2.46 bits per heavy atom. The maximum Gasteiger partial charge on any atom is 0.410 e. The van der Waals surface area contributed by atoms with Gasteiger partial charge in [-0.2, -0.15) is 18.3 Å². The summed E-state index contributed by atoms with van der Waals surface area (Å²) in [5.74, 6) is 0.188. The molecule has 2 aromatic carbocycles. The number of nitrogens with one attached hydrogen (secondary N) is 2. The number of amides is 1. The molecular weight excluding hydrogens is 465 g/mol. The SMILES string of the molecule is COc1ccc([C@H]2C[C@@H](C(F)(F)F)n3ncc(C(=O)Nc4ccc([C@H](C)O)cc4)c3N2)cc1OC. The van der Waals surface area contributed by atoms with Crippen LogP contribution < -0.4 is 20.1 Å². The Morgan fingerprint density at radius 2 is 1.86 bits per heavy atom. The maximum atomic E-state index is 14.0. The number of aliphatic hydroxyl groups is 1. The number of hydrogen-bond acceptors (Lipinski definition) is 6. The van der Waals surface area contributed by atoms with E-state index in [-0.39, 0.29) is 17.8 Å². The number of alkyl halides is 3. The van der Waals surface area contributed by atoms with E-state index in [1.165, 1.54) is 14.2 Å². The number of anilines is 2. The van der Waals surface area contributed by atoms with E-state index >= 15 is 0 Å². The Balaban J connectivity index is 1.66. The zero-order valence-corrected chi connectivity index (χ0v) is 19.3. The Kier molecular flexibility index (Phi) is 6.62. The number of ether oxygens (including phenoxy) is 2. The van der Waals surface area contributed by atoms with Crippen LogP contribution in [0, 0.1) is 0 Å². The zero-order chi connectivity index (χ0) is 25.3. The van der Waals surface area contributed by atoms with E-state index in [1.807, 2.05) is 0 Å². The number of rotatable bonds is 6. The van der Waals surface area contributed by atoms with E-state index in [2.05, 4.69) is 15.7 Å². The van der Waals surface area contributed by atoms with Crippen molar-refractivity contribution in [2.45, 2.75) is 37.7 Å². The molecule has 3 aromatic rings. The normalized spacial score (nSPS) is 18.3. The molecule has 0 spiro atoms. The molecule has 0 fully saturated rings. The van der Waals surface area contributed by atoms with Gasteiger partial charge in [0.2, 0.25) is 0 Å². The second-order valence-corrected chi connectivity index (χ2v) is 8.21. The van der Waals surface area contributed by atoms with Crippen molar-refractivity contribution in [3.8, 4) is 11.5 Å². The Morgan fingerprint density at radius 1 is 1.17 bits per heavy atom. The number of nitrogens with zero attached hydrogens (tertiary/aromatic N) is 2. The first kappa shape index (κ1) is 24.4. The fourth-order valence-electron chi connectivity index (χ4n) is 4.06. The molecule has 1 aliphatic rings. The summed E-state index contributed by atoms with van der Waals surface area (Å²) in [5, 5.41) is 19.3. The Hall–Kier alpha value is -3.73. The van der Waals surface area contributed by atoms with E-state index in [4.69, 9.17) is 9.47 Å². The standard InChI is InChI=1S/C24H25F3N4O4/c1-13(32)14-4-7-16(8-5-14)29-23(33)17-12-28-31-21(24(25,26)27)11-18(30-22(17)31)15-6-9-19(34-2)20(10-15)35-3/h4-10,12-13,18,21,30,32H,11H2,1-3H3,(H,29,33)/t13-,18+,21-/m0/s1. The summed E-state index contributed by atoms with van der Waals surface area (Å²) in [4.78, 5) is 13.0. The van der Waals surface area contributed by atoms with Crippen LogP contribution in [-0.2, 0) is 0 Å². The predicted molar refractivity (Wildman–Crippen MR) is 123 cm³/mol. The number of fused-ring (bicyclic) bond motifs is 1. The van der Waals surface area contributed by atoms with Gasteiger partial charge in [0.1, 0.15) is 11.4 Å². The fraction of sp³-hybridized carbons (Fsp3) is 0.333. The van der Waals surface area contributed by atoms with Crippen LogP contribution >= 0.6 is 0 Å². The highest BCUT2D eigenvalue weighted by atomic mass is 19.4. The average Bonchev–Trinajstić information content (AvgIpc) is 3.26. The van der Waals surface area contributed by atoms with Crippen molar-refractivity contribution in [1.29, 1.82) is 0 Å². The molecule has 0 radical (unpaired) electrons. The van der Waals surface area contributed by atoms with Crippen molar-refractivity contribution >= 4 is 17.4 Å². The molecule has 11 heteroatoms. The van der Waals surface area contributed by atoms with Crippen LogP contribution in [0.2, 0.25) is 0 Å². The highest BCUT2D eigenvalue weighted by molar-refractivity contribution is 6.07. The largest absolute Gasteiger partial charge is 0.493 e. The summed E-state index contributed by atoms with van der Waals surface area (Å²) in [7, 11) is 2.91. The van der Waals surface area contributed by atoms with Gasteiger partial charge in [-0.25, -0.2) is 4.68 Å². The van der Waals surface area contributed by atoms with E-state index in [9.17, 15) is 23.1 Å². The first-order valence-electron chi connectivity index (χ1n) is 10.8. The quantitative estimate of drug-likeness (QED) is 0.456. The van der Waals surface area contributed by atoms with E-state index in [0.717, 1.165) is 10.9 Å². The van der Waals surface area contributed by atoms with Gasteiger partial charge in [0.25, 0.3) is 5.91 Å². The highest BCUT2D eigenvalue weighted by Gasteiger charge is 2.47. The molecular formula is C24H25F3N4O4. The van der Waals surface area contributed by atoms with Gasteiger partial charge >= 0.3 is 6.18 Å². The van der Waals surface area contributed by atoms with Gasteiger partial charge in [-0.1, -0.05) is 18.2 Å². The van der Waals surface area contributed by atoms with E-state index in [1.54, 1.807) is 49.4 Å². The van der Waals surface area contributed by atoms with Gasteiger partial charge < -0.3 is 25.2 Å². The lowest BCUT2D eigenvalue weighted by atomic mass is 9.96. The minimum atomic E-state index is -4.58. The molecule has 186 valence electrons. The van der Waals surface area contributed by atoms with Crippen molar-refractivity contribution < 1.29 is 32.5 Å². The van der Waals surface area contributed by atoms with Crippen LogP contribution in [0.15, 0.2) is 48.7 Å². The molecule has 8 nitrogen and oxygen atoms in total. The van der Waals surface area contributed by atoms with Gasteiger partial charge in [-0.3, -0.25) is 4.79 Å². The van der Waals surface area contributed by atoms with Crippen molar-refractivity contribution in [3.63, 3.8) is 0 Å². The first-order valence-corrected chi connectivity index (χ1v) is 10.8. The van der Waals surface area contributed by atoms with Crippen molar-refractivity contribution in [2.75, 3.05) is 24.9 Å². The van der Waals surface area contributed by atoms with Gasteiger partial charge in [-0.15, -0.1) is 0 Å². The summed E-state index contributed by atoms with van der Waals surface area (Å²) in [5.41, 5.74) is 1.62. The minimum absolute atomic E-state index is 0.0240. The number of halogens is 3. The van der Waals surface area contributed by atoms with Crippen molar-refractivity contribution in [2.24, 2.45) is 0 Å².